The normalized spacial score (nSPS) is 20.1. The molecule has 9 heavy (non-hydrogen) atoms. The minimum absolute atomic E-state index is 0.0407. The van der Waals surface area contributed by atoms with E-state index in [0.717, 1.165) is 12.8 Å². The van der Waals surface area contributed by atoms with E-state index >= 15 is 0 Å². The molecule has 1 rings (SSSR count). The highest BCUT2D eigenvalue weighted by Crippen LogP contribution is 2.28. The Kier molecular flexibility index (Phi) is 1.77. The molecule has 1 fully saturated rings. The topological polar surface area (TPSA) is 60.2 Å². The van der Waals surface area contributed by atoms with Gasteiger partial charge in [-0.05, 0) is 12.8 Å². The molecule has 4 heteroatoms. The third kappa shape index (κ3) is 1.66. The fourth-order valence-electron chi connectivity index (χ4n) is 0.758. The predicted octanol–water partition coefficient (Wildman–Crippen LogP) is -0.478. The van der Waals surface area contributed by atoms with E-state index in [1.807, 2.05) is 0 Å². The third-order valence-electron chi connectivity index (χ3n) is 1.43. The quantitative estimate of drug-likeness (QED) is 0.589. The fourth-order valence-corrected chi connectivity index (χ4v) is 2.27. The second-order valence-electron chi connectivity index (χ2n) is 2.36. The summed E-state index contributed by atoms with van der Waals surface area (Å²) in [5.41, 5.74) is 5.10. The Morgan fingerprint density at radius 3 is 2.33 bits per heavy atom. The molecule has 54 valence electrons. The molecule has 0 heterocycles. The van der Waals surface area contributed by atoms with E-state index in [1.54, 1.807) is 0 Å². The van der Waals surface area contributed by atoms with Gasteiger partial charge in [-0.15, -0.1) is 0 Å². The monoisotopic (exact) mass is 149 g/mol. The second-order valence-corrected chi connectivity index (χ2v) is 4.76. The SMILES string of the molecule is NCCS(=O)(=O)C1CC1. The molecule has 0 aromatic heterocycles. The fraction of sp³-hybridized carbons (Fsp3) is 1.00. The van der Waals surface area contributed by atoms with Crippen molar-refractivity contribution < 1.29 is 8.42 Å². The van der Waals surface area contributed by atoms with Crippen molar-refractivity contribution in [3.05, 3.63) is 0 Å². The average Bonchev–Trinajstić information content (AvgIpc) is 2.41. The molecule has 0 amide bonds. The highest BCUT2D eigenvalue weighted by atomic mass is 32.2. The first kappa shape index (κ1) is 7.02. The standard InChI is InChI=1S/C5H11NO2S/c6-3-4-9(7,8)5-1-2-5/h5H,1-4,6H2. The maximum Gasteiger partial charge on any atom is 0.154 e. The van der Waals surface area contributed by atoms with Crippen molar-refractivity contribution in [3.8, 4) is 0 Å². The maximum absolute atomic E-state index is 10.9. The molecule has 0 unspecified atom stereocenters. The summed E-state index contributed by atoms with van der Waals surface area (Å²) in [6.07, 6.45) is 1.70. The van der Waals surface area contributed by atoms with Crippen LogP contribution in [-0.4, -0.2) is 26.0 Å². The minimum atomic E-state index is -2.76. The van der Waals surface area contributed by atoms with Crippen LogP contribution in [0.1, 0.15) is 12.8 Å². The summed E-state index contributed by atoms with van der Waals surface area (Å²) in [6.45, 7) is 0.263. The van der Waals surface area contributed by atoms with E-state index in [1.165, 1.54) is 0 Å². The van der Waals surface area contributed by atoms with Crippen molar-refractivity contribution in [3.63, 3.8) is 0 Å². The van der Waals surface area contributed by atoms with Gasteiger partial charge in [0.2, 0.25) is 0 Å². The zero-order valence-corrected chi connectivity index (χ0v) is 6.02. The lowest BCUT2D eigenvalue weighted by Crippen LogP contribution is -2.18. The van der Waals surface area contributed by atoms with E-state index in [9.17, 15) is 8.42 Å². The lowest BCUT2D eigenvalue weighted by molar-refractivity contribution is 0.594. The first-order valence-corrected chi connectivity index (χ1v) is 4.80. The Hall–Kier alpha value is -0.0900. The average molecular weight is 149 g/mol. The van der Waals surface area contributed by atoms with Crippen LogP contribution in [0.15, 0.2) is 0 Å². The molecule has 1 aliphatic rings. The van der Waals surface area contributed by atoms with Crippen molar-refractivity contribution >= 4 is 9.84 Å². The summed E-state index contributed by atoms with van der Waals surface area (Å²) in [7, 11) is -2.76. The molecule has 0 bridgehead atoms. The van der Waals surface area contributed by atoms with Crippen LogP contribution < -0.4 is 5.73 Å². The number of hydrogen-bond donors (Lipinski definition) is 1. The van der Waals surface area contributed by atoms with Gasteiger partial charge in [-0.3, -0.25) is 0 Å². The van der Waals surface area contributed by atoms with Crippen molar-refractivity contribution in [2.75, 3.05) is 12.3 Å². The molecule has 0 aliphatic heterocycles. The van der Waals surface area contributed by atoms with Crippen LogP contribution in [0.3, 0.4) is 0 Å². The van der Waals surface area contributed by atoms with Crippen LogP contribution in [0.25, 0.3) is 0 Å². The molecule has 0 radical (unpaired) electrons. The Labute approximate surface area is 55.2 Å². The Morgan fingerprint density at radius 1 is 1.44 bits per heavy atom. The zero-order valence-electron chi connectivity index (χ0n) is 5.21. The summed E-state index contributed by atoms with van der Waals surface area (Å²) in [4.78, 5) is 0. The summed E-state index contributed by atoms with van der Waals surface area (Å²) >= 11 is 0. The molecule has 2 N–H and O–H groups in total. The number of nitrogens with two attached hydrogens (primary N) is 1. The largest absolute Gasteiger partial charge is 0.329 e. The summed E-state index contributed by atoms with van der Waals surface area (Å²) in [6, 6.07) is 0. The second kappa shape index (κ2) is 2.27. The molecular formula is C5H11NO2S. The van der Waals surface area contributed by atoms with Gasteiger partial charge >= 0.3 is 0 Å². The van der Waals surface area contributed by atoms with E-state index in [0.29, 0.717) is 0 Å². The van der Waals surface area contributed by atoms with Crippen LogP contribution >= 0.6 is 0 Å². The minimum Gasteiger partial charge on any atom is -0.329 e. The third-order valence-corrected chi connectivity index (χ3v) is 3.73. The number of hydrogen-bond acceptors (Lipinski definition) is 3. The number of rotatable bonds is 3. The predicted molar refractivity (Wildman–Crippen MR) is 35.9 cm³/mol. The van der Waals surface area contributed by atoms with Gasteiger partial charge in [-0.2, -0.15) is 0 Å². The van der Waals surface area contributed by atoms with Gasteiger partial charge in [0.05, 0.1) is 11.0 Å². The summed E-state index contributed by atoms with van der Waals surface area (Å²) in [5.74, 6) is 0.164. The first-order chi connectivity index (χ1) is 4.17. The molecule has 0 spiro atoms. The molecule has 1 saturated carbocycles. The van der Waals surface area contributed by atoms with Gasteiger partial charge in [-0.1, -0.05) is 0 Å². The first-order valence-electron chi connectivity index (χ1n) is 3.08. The lowest BCUT2D eigenvalue weighted by Gasteiger charge is -1.96. The zero-order chi connectivity index (χ0) is 6.91. The molecule has 0 aromatic rings. The molecular weight excluding hydrogens is 138 g/mol. The highest BCUT2D eigenvalue weighted by molar-refractivity contribution is 7.92. The Morgan fingerprint density at radius 2 is 2.00 bits per heavy atom. The lowest BCUT2D eigenvalue weighted by atomic mass is 10.8. The van der Waals surface area contributed by atoms with Crippen LogP contribution in [0, 0.1) is 0 Å². The molecule has 0 saturated heterocycles. The van der Waals surface area contributed by atoms with Gasteiger partial charge in [0, 0.05) is 6.54 Å². The summed E-state index contributed by atoms with van der Waals surface area (Å²) in [5, 5.41) is -0.0407. The van der Waals surface area contributed by atoms with E-state index in [2.05, 4.69) is 0 Å². The van der Waals surface area contributed by atoms with Gasteiger partial charge in [0.1, 0.15) is 0 Å². The van der Waals surface area contributed by atoms with Gasteiger partial charge in [-0.25, -0.2) is 8.42 Å². The van der Waals surface area contributed by atoms with Crippen LogP contribution in [0.5, 0.6) is 0 Å². The summed E-state index contributed by atoms with van der Waals surface area (Å²) < 4.78 is 21.8. The van der Waals surface area contributed by atoms with Crippen LogP contribution in [0.2, 0.25) is 0 Å². The molecule has 1 aliphatic carbocycles. The van der Waals surface area contributed by atoms with Crippen LogP contribution in [0.4, 0.5) is 0 Å². The number of sulfone groups is 1. The highest BCUT2D eigenvalue weighted by Gasteiger charge is 2.34. The van der Waals surface area contributed by atoms with E-state index < -0.39 is 9.84 Å². The molecule has 3 nitrogen and oxygen atoms in total. The Balaban J connectivity index is 2.51. The Bertz CT molecular complexity index is 181. The van der Waals surface area contributed by atoms with Gasteiger partial charge in [0.15, 0.2) is 9.84 Å². The van der Waals surface area contributed by atoms with Gasteiger partial charge < -0.3 is 5.73 Å². The van der Waals surface area contributed by atoms with Gasteiger partial charge in [0.25, 0.3) is 0 Å². The molecule has 0 aromatic carbocycles. The van der Waals surface area contributed by atoms with E-state index in [4.69, 9.17) is 5.73 Å². The van der Waals surface area contributed by atoms with Crippen molar-refractivity contribution in [2.45, 2.75) is 18.1 Å². The van der Waals surface area contributed by atoms with Crippen LogP contribution in [-0.2, 0) is 9.84 Å². The molecule has 0 atom stereocenters. The van der Waals surface area contributed by atoms with E-state index in [-0.39, 0.29) is 17.5 Å². The van der Waals surface area contributed by atoms with Crippen molar-refractivity contribution in [2.24, 2.45) is 5.73 Å². The maximum atomic E-state index is 10.9. The smallest absolute Gasteiger partial charge is 0.154 e. The van der Waals surface area contributed by atoms with Crippen molar-refractivity contribution in [1.29, 1.82) is 0 Å². The van der Waals surface area contributed by atoms with Crippen molar-refractivity contribution in [1.82, 2.24) is 0 Å².